The van der Waals surface area contributed by atoms with Crippen LogP contribution in [0.1, 0.15) is 16.1 Å². The number of aryl methyl sites for hydroxylation is 1. The summed E-state index contributed by atoms with van der Waals surface area (Å²) in [6, 6.07) is 11.3. The Hall–Kier alpha value is -2.90. The molecule has 1 aliphatic rings. The van der Waals surface area contributed by atoms with Crippen LogP contribution in [0.3, 0.4) is 0 Å². The number of rotatable bonds is 2. The lowest BCUT2D eigenvalue weighted by Gasteiger charge is -2.10. The number of aromatic nitrogens is 2. The van der Waals surface area contributed by atoms with Crippen molar-refractivity contribution in [3.8, 4) is 0 Å². The van der Waals surface area contributed by atoms with Gasteiger partial charge in [-0.15, -0.1) is 0 Å². The molecule has 27 heavy (non-hydrogen) atoms. The molecule has 140 valence electrons. The summed E-state index contributed by atoms with van der Waals surface area (Å²) in [5, 5.41) is 5.76. The first-order valence-corrected chi connectivity index (χ1v) is 8.70. The normalized spacial score (nSPS) is 13.6. The summed E-state index contributed by atoms with van der Waals surface area (Å²) in [6.45, 7) is 5.78. The van der Waals surface area contributed by atoms with Gasteiger partial charge in [0.15, 0.2) is 0 Å². The summed E-state index contributed by atoms with van der Waals surface area (Å²) in [5.74, 6) is -0.829. The molecule has 1 aromatic heterocycles. The Morgan fingerprint density at radius 1 is 1.15 bits per heavy atom. The summed E-state index contributed by atoms with van der Waals surface area (Å²) >= 11 is 0. The van der Waals surface area contributed by atoms with Crippen molar-refractivity contribution in [2.45, 2.75) is 6.92 Å². The van der Waals surface area contributed by atoms with Crippen molar-refractivity contribution in [1.82, 2.24) is 15.3 Å². The highest BCUT2D eigenvalue weighted by Gasteiger charge is 2.10. The minimum Gasteiger partial charge on any atom is -0.379 e. The van der Waals surface area contributed by atoms with E-state index in [4.69, 9.17) is 4.74 Å². The number of amides is 1. The minimum atomic E-state index is -0.420. The van der Waals surface area contributed by atoms with Crippen LogP contribution in [0.2, 0.25) is 0 Å². The first kappa shape index (κ1) is 18.9. The van der Waals surface area contributed by atoms with Crippen LogP contribution in [0.15, 0.2) is 48.7 Å². The van der Waals surface area contributed by atoms with Crippen LogP contribution in [0.25, 0.3) is 11.0 Å². The van der Waals surface area contributed by atoms with E-state index in [1.54, 1.807) is 6.07 Å². The van der Waals surface area contributed by atoms with Gasteiger partial charge in [0, 0.05) is 18.8 Å². The Kier molecular flexibility index (Phi) is 6.40. The number of hydrogen-bond acceptors (Lipinski definition) is 5. The average molecular weight is 368 g/mol. The molecule has 0 atom stereocenters. The topological polar surface area (TPSA) is 76.1 Å². The van der Waals surface area contributed by atoms with Crippen molar-refractivity contribution < 1.29 is 13.9 Å². The van der Waals surface area contributed by atoms with Gasteiger partial charge in [-0.25, -0.2) is 9.37 Å². The Morgan fingerprint density at radius 3 is 2.63 bits per heavy atom. The largest absolute Gasteiger partial charge is 0.379 e. The SMILES string of the molecule is C1COCCN1.Cc1ccc2ncc(C(=O)Nc3cccc(F)c3)nc2c1. The van der Waals surface area contributed by atoms with Crippen LogP contribution in [0, 0.1) is 12.7 Å². The fraction of sp³-hybridized carbons (Fsp3) is 0.250. The van der Waals surface area contributed by atoms with E-state index in [2.05, 4.69) is 20.6 Å². The van der Waals surface area contributed by atoms with E-state index in [-0.39, 0.29) is 5.69 Å². The molecular formula is C20H21FN4O2. The van der Waals surface area contributed by atoms with Gasteiger partial charge in [-0.3, -0.25) is 9.78 Å². The van der Waals surface area contributed by atoms with E-state index in [1.165, 1.54) is 24.4 Å². The number of benzene rings is 2. The van der Waals surface area contributed by atoms with Gasteiger partial charge >= 0.3 is 0 Å². The molecule has 0 bridgehead atoms. The molecule has 1 amide bonds. The van der Waals surface area contributed by atoms with Crippen LogP contribution < -0.4 is 10.6 Å². The second-order valence-corrected chi connectivity index (χ2v) is 6.07. The van der Waals surface area contributed by atoms with Crippen molar-refractivity contribution in [3.05, 3.63) is 65.7 Å². The fourth-order valence-electron chi connectivity index (χ4n) is 2.51. The van der Waals surface area contributed by atoms with E-state index in [0.717, 1.165) is 37.4 Å². The molecule has 2 N–H and O–H groups in total. The third-order valence-corrected chi connectivity index (χ3v) is 3.86. The number of ether oxygens (including phenoxy) is 1. The molecular weight excluding hydrogens is 347 g/mol. The summed E-state index contributed by atoms with van der Waals surface area (Å²) in [4.78, 5) is 20.6. The molecule has 7 heteroatoms. The first-order chi connectivity index (χ1) is 13.1. The van der Waals surface area contributed by atoms with E-state index < -0.39 is 11.7 Å². The van der Waals surface area contributed by atoms with Crippen LogP contribution in [0.5, 0.6) is 0 Å². The maximum absolute atomic E-state index is 13.1. The average Bonchev–Trinajstić information content (AvgIpc) is 2.69. The zero-order valence-corrected chi connectivity index (χ0v) is 15.0. The molecule has 0 aliphatic carbocycles. The van der Waals surface area contributed by atoms with E-state index in [9.17, 15) is 9.18 Å². The van der Waals surface area contributed by atoms with Crippen molar-refractivity contribution in [2.75, 3.05) is 31.6 Å². The maximum atomic E-state index is 13.1. The van der Waals surface area contributed by atoms with Crippen LogP contribution in [-0.2, 0) is 4.74 Å². The molecule has 1 fully saturated rings. The lowest BCUT2D eigenvalue weighted by atomic mass is 10.2. The molecule has 0 spiro atoms. The van der Waals surface area contributed by atoms with Gasteiger partial charge in [-0.05, 0) is 42.8 Å². The van der Waals surface area contributed by atoms with Gasteiger partial charge in [-0.1, -0.05) is 12.1 Å². The van der Waals surface area contributed by atoms with Gasteiger partial charge in [0.25, 0.3) is 5.91 Å². The molecule has 6 nitrogen and oxygen atoms in total. The number of carbonyl (C=O) groups excluding carboxylic acids is 1. The molecule has 4 rings (SSSR count). The molecule has 0 radical (unpaired) electrons. The van der Waals surface area contributed by atoms with Gasteiger partial charge in [-0.2, -0.15) is 0 Å². The number of morpholine rings is 1. The molecule has 0 unspecified atom stereocenters. The molecule has 2 aromatic carbocycles. The van der Waals surface area contributed by atoms with Crippen LogP contribution >= 0.6 is 0 Å². The zero-order valence-electron chi connectivity index (χ0n) is 15.0. The van der Waals surface area contributed by atoms with Crippen molar-refractivity contribution in [3.63, 3.8) is 0 Å². The Morgan fingerprint density at radius 2 is 1.96 bits per heavy atom. The Balaban J connectivity index is 0.000000299. The van der Waals surface area contributed by atoms with Gasteiger partial charge in [0.1, 0.15) is 11.5 Å². The lowest BCUT2D eigenvalue weighted by Crippen LogP contribution is -2.30. The minimum absolute atomic E-state index is 0.192. The van der Waals surface area contributed by atoms with Crippen molar-refractivity contribution in [1.29, 1.82) is 0 Å². The quantitative estimate of drug-likeness (QED) is 0.727. The molecule has 3 aromatic rings. The first-order valence-electron chi connectivity index (χ1n) is 8.70. The third kappa shape index (κ3) is 5.54. The van der Waals surface area contributed by atoms with Crippen LogP contribution in [0.4, 0.5) is 10.1 Å². The van der Waals surface area contributed by atoms with Crippen molar-refractivity contribution >= 4 is 22.6 Å². The highest BCUT2D eigenvalue weighted by molar-refractivity contribution is 6.03. The Labute approximate surface area is 156 Å². The van der Waals surface area contributed by atoms with Crippen molar-refractivity contribution in [2.24, 2.45) is 0 Å². The summed E-state index contributed by atoms with van der Waals surface area (Å²) < 4.78 is 18.1. The number of halogens is 1. The smallest absolute Gasteiger partial charge is 0.275 e. The van der Waals surface area contributed by atoms with E-state index in [1.807, 2.05) is 25.1 Å². The second-order valence-electron chi connectivity index (χ2n) is 6.07. The number of hydrogen-bond donors (Lipinski definition) is 2. The zero-order chi connectivity index (χ0) is 19.1. The summed E-state index contributed by atoms with van der Waals surface area (Å²) in [6.07, 6.45) is 1.41. The Bertz CT molecular complexity index is 917. The number of nitrogens with zero attached hydrogens (tertiary/aromatic N) is 2. The second kappa shape index (κ2) is 9.16. The standard InChI is InChI=1S/C16H12FN3O.C4H9NO/c1-10-5-6-13-14(7-10)20-15(9-18-13)16(21)19-12-4-2-3-11(17)8-12;1-3-6-4-2-5-1/h2-9H,1H3,(H,19,21);5H,1-4H2. The van der Waals surface area contributed by atoms with Crippen LogP contribution in [-0.4, -0.2) is 42.2 Å². The molecule has 1 saturated heterocycles. The number of nitrogens with one attached hydrogen (secondary N) is 2. The molecule has 2 heterocycles. The monoisotopic (exact) mass is 368 g/mol. The highest BCUT2D eigenvalue weighted by Crippen LogP contribution is 2.14. The molecule has 0 saturated carbocycles. The van der Waals surface area contributed by atoms with Gasteiger partial charge in [0.05, 0.1) is 30.4 Å². The summed E-state index contributed by atoms with van der Waals surface area (Å²) in [5.41, 5.74) is 2.99. The lowest BCUT2D eigenvalue weighted by molar-refractivity contribution is 0.102. The predicted octanol–water partition coefficient (Wildman–Crippen LogP) is 2.94. The highest BCUT2D eigenvalue weighted by atomic mass is 19.1. The number of carbonyl (C=O) groups is 1. The molecule has 1 aliphatic heterocycles. The predicted molar refractivity (Wildman–Crippen MR) is 102 cm³/mol. The van der Waals surface area contributed by atoms with E-state index in [0.29, 0.717) is 11.2 Å². The maximum Gasteiger partial charge on any atom is 0.275 e. The number of anilines is 1. The van der Waals surface area contributed by atoms with E-state index >= 15 is 0 Å². The third-order valence-electron chi connectivity index (χ3n) is 3.86. The fourth-order valence-corrected chi connectivity index (χ4v) is 2.51. The van der Waals surface area contributed by atoms with Gasteiger partial charge in [0.2, 0.25) is 0 Å². The summed E-state index contributed by atoms with van der Waals surface area (Å²) in [7, 11) is 0. The van der Waals surface area contributed by atoms with Gasteiger partial charge < -0.3 is 15.4 Å². The number of fused-ring (bicyclic) bond motifs is 1.